The summed E-state index contributed by atoms with van der Waals surface area (Å²) in [5.41, 5.74) is 2.36. The number of carbonyl (C=O) groups excluding carboxylic acids is 1. The molecule has 0 aliphatic carbocycles. The van der Waals surface area contributed by atoms with E-state index in [1.165, 1.54) is 0 Å². The Morgan fingerprint density at radius 2 is 2.00 bits per heavy atom. The molecule has 0 heterocycles. The maximum atomic E-state index is 12.0. The predicted molar refractivity (Wildman–Crippen MR) is 87.6 cm³/mol. The Hall–Kier alpha value is -1.60. The number of amides is 1. The van der Waals surface area contributed by atoms with Gasteiger partial charge >= 0.3 is 0 Å². The van der Waals surface area contributed by atoms with Crippen LogP contribution >= 0.6 is 0 Å². The molecule has 0 fully saturated rings. The number of carbonyl (C=O) groups is 1. The highest BCUT2D eigenvalue weighted by Crippen LogP contribution is 2.24. The summed E-state index contributed by atoms with van der Waals surface area (Å²) in [5.74, 6) is -0.331. The maximum absolute atomic E-state index is 12.0. The number of rotatable bonds is 8. The summed E-state index contributed by atoms with van der Waals surface area (Å²) < 4.78 is 30.1. The average molecular weight is 328 g/mol. The van der Waals surface area contributed by atoms with E-state index in [4.69, 9.17) is 4.74 Å². The van der Waals surface area contributed by atoms with Crippen LogP contribution < -0.4 is 9.62 Å². The third kappa shape index (κ3) is 5.31. The number of hydrogen-bond acceptors (Lipinski definition) is 4. The van der Waals surface area contributed by atoms with E-state index in [0.717, 1.165) is 21.7 Å². The Bertz CT molecular complexity index is 614. The van der Waals surface area contributed by atoms with Crippen molar-refractivity contribution >= 4 is 21.6 Å². The Morgan fingerprint density at radius 1 is 1.32 bits per heavy atom. The SMILES string of the molecule is COCCCNC(=O)CN(c1cccc(C)c1C)S(C)(=O)=O. The lowest BCUT2D eigenvalue weighted by Crippen LogP contribution is -2.41. The number of sulfonamides is 1. The van der Waals surface area contributed by atoms with Gasteiger partial charge in [-0.05, 0) is 37.5 Å². The highest BCUT2D eigenvalue weighted by molar-refractivity contribution is 7.92. The summed E-state index contributed by atoms with van der Waals surface area (Å²) in [6.45, 7) is 4.53. The molecule has 0 atom stereocenters. The number of ether oxygens (including phenoxy) is 1. The molecule has 1 N–H and O–H groups in total. The lowest BCUT2D eigenvalue weighted by atomic mass is 10.1. The molecule has 22 heavy (non-hydrogen) atoms. The Morgan fingerprint density at radius 3 is 2.59 bits per heavy atom. The number of nitrogens with zero attached hydrogens (tertiary/aromatic N) is 1. The molecule has 0 saturated heterocycles. The molecule has 6 nitrogen and oxygen atoms in total. The number of hydrogen-bond donors (Lipinski definition) is 1. The molecule has 0 saturated carbocycles. The molecule has 7 heteroatoms. The van der Waals surface area contributed by atoms with E-state index < -0.39 is 10.0 Å². The number of methoxy groups -OCH3 is 1. The molecule has 1 amide bonds. The van der Waals surface area contributed by atoms with Crippen LogP contribution in [0, 0.1) is 13.8 Å². The van der Waals surface area contributed by atoms with Crippen LogP contribution in [-0.2, 0) is 19.6 Å². The van der Waals surface area contributed by atoms with E-state index in [1.54, 1.807) is 19.2 Å². The van der Waals surface area contributed by atoms with Crippen LogP contribution in [0.15, 0.2) is 18.2 Å². The second kappa shape index (κ2) is 8.14. The second-order valence-electron chi connectivity index (χ2n) is 5.18. The molecule has 0 aliphatic rings. The molecule has 1 rings (SSSR count). The first kappa shape index (κ1) is 18.4. The second-order valence-corrected chi connectivity index (χ2v) is 7.09. The summed E-state index contributed by atoms with van der Waals surface area (Å²) in [7, 11) is -1.95. The van der Waals surface area contributed by atoms with Gasteiger partial charge < -0.3 is 10.1 Å². The number of benzene rings is 1. The van der Waals surface area contributed by atoms with Gasteiger partial charge in [0.1, 0.15) is 6.54 Å². The van der Waals surface area contributed by atoms with Gasteiger partial charge in [-0.25, -0.2) is 8.42 Å². The van der Waals surface area contributed by atoms with Crippen molar-refractivity contribution in [2.45, 2.75) is 20.3 Å². The van der Waals surface area contributed by atoms with E-state index in [-0.39, 0.29) is 12.5 Å². The smallest absolute Gasteiger partial charge is 0.240 e. The Balaban J connectivity index is 2.87. The summed E-state index contributed by atoms with van der Waals surface area (Å²) in [6, 6.07) is 5.40. The van der Waals surface area contributed by atoms with Crippen LogP contribution in [0.1, 0.15) is 17.5 Å². The summed E-state index contributed by atoms with van der Waals surface area (Å²) in [6.07, 6.45) is 1.79. The highest BCUT2D eigenvalue weighted by Gasteiger charge is 2.22. The molecular weight excluding hydrogens is 304 g/mol. The monoisotopic (exact) mass is 328 g/mol. The zero-order valence-electron chi connectivity index (χ0n) is 13.5. The van der Waals surface area contributed by atoms with Crippen LogP contribution in [0.5, 0.6) is 0 Å². The summed E-state index contributed by atoms with van der Waals surface area (Å²) >= 11 is 0. The van der Waals surface area contributed by atoms with Crippen LogP contribution in [-0.4, -0.2) is 47.4 Å². The van der Waals surface area contributed by atoms with Crippen molar-refractivity contribution in [3.05, 3.63) is 29.3 Å². The average Bonchev–Trinajstić information content (AvgIpc) is 2.43. The first-order valence-corrected chi connectivity index (χ1v) is 8.91. The molecule has 124 valence electrons. The molecule has 1 aromatic rings. The standard InChI is InChI=1S/C15H24N2O4S/c1-12-7-5-8-14(13(12)2)17(22(4,19)20)11-15(18)16-9-6-10-21-3/h5,7-8H,6,9-11H2,1-4H3,(H,16,18). The van der Waals surface area contributed by atoms with E-state index in [1.807, 2.05) is 19.9 Å². The molecule has 0 bridgehead atoms. The minimum absolute atomic E-state index is 0.226. The van der Waals surface area contributed by atoms with Crippen LogP contribution in [0.3, 0.4) is 0 Å². The van der Waals surface area contributed by atoms with Gasteiger partial charge in [-0.3, -0.25) is 9.10 Å². The van der Waals surface area contributed by atoms with Gasteiger partial charge in [0.15, 0.2) is 0 Å². The zero-order valence-corrected chi connectivity index (χ0v) is 14.4. The number of aryl methyl sites for hydroxylation is 1. The van der Waals surface area contributed by atoms with Crippen molar-refractivity contribution in [1.82, 2.24) is 5.32 Å². The first-order valence-electron chi connectivity index (χ1n) is 7.07. The number of nitrogens with one attached hydrogen (secondary N) is 1. The maximum Gasteiger partial charge on any atom is 0.240 e. The highest BCUT2D eigenvalue weighted by atomic mass is 32.2. The molecule has 0 radical (unpaired) electrons. The lowest BCUT2D eigenvalue weighted by Gasteiger charge is -2.24. The predicted octanol–water partition coefficient (Wildman–Crippen LogP) is 1.22. The van der Waals surface area contributed by atoms with E-state index in [0.29, 0.717) is 25.3 Å². The van der Waals surface area contributed by atoms with Crippen molar-refractivity contribution in [3.63, 3.8) is 0 Å². The van der Waals surface area contributed by atoms with Crippen molar-refractivity contribution in [2.75, 3.05) is 37.4 Å². The fraction of sp³-hybridized carbons (Fsp3) is 0.533. The van der Waals surface area contributed by atoms with Crippen LogP contribution in [0.4, 0.5) is 5.69 Å². The molecule has 0 aliphatic heterocycles. The van der Waals surface area contributed by atoms with Gasteiger partial charge in [0.25, 0.3) is 0 Å². The lowest BCUT2D eigenvalue weighted by molar-refractivity contribution is -0.119. The minimum atomic E-state index is -3.54. The van der Waals surface area contributed by atoms with Gasteiger partial charge in [0.05, 0.1) is 11.9 Å². The van der Waals surface area contributed by atoms with Gasteiger partial charge in [-0.2, -0.15) is 0 Å². The minimum Gasteiger partial charge on any atom is -0.385 e. The van der Waals surface area contributed by atoms with E-state index in [2.05, 4.69) is 5.32 Å². The van der Waals surface area contributed by atoms with Gasteiger partial charge in [-0.15, -0.1) is 0 Å². The third-order valence-electron chi connectivity index (χ3n) is 3.38. The van der Waals surface area contributed by atoms with Crippen molar-refractivity contribution in [1.29, 1.82) is 0 Å². The third-order valence-corrected chi connectivity index (χ3v) is 4.51. The zero-order chi connectivity index (χ0) is 16.8. The first-order chi connectivity index (χ1) is 10.3. The summed E-state index contributed by atoms with van der Waals surface area (Å²) in [5, 5.41) is 2.70. The fourth-order valence-electron chi connectivity index (χ4n) is 2.02. The molecule has 0 aromatic heterocycles. The van der Waals surface area contributed by atoms with E-state index in [9.17, 15) is 13.2 Å². The fourth-order valence-corrected chi connectivity index (χ4v) is 2.92. The molecule has 1 aromatic carbocycles. The Labute approximate surface area is 132 Å². The van der Waals surface area contributed by atoms with Crippen molar-refractivity contribution < 1.29 is 17.9 Å². The van der Waals surface area contributed by atoms with Gasteiger partial charge in [-0.1, -0.05) is 12.1 Å². The topological polar surface area (TPSA) is 75.7 Å². The van der Waals surface area contributed by atoms with Crippen LogP contribution in [0.25, 0.3) is 0 Å². The molecular formula is C15H24N2O4S. The summed E-state index contributed by atoms with van der Waals surface area (Å²) in [4.78, 5) is 12.0. The largest absolute Gasteiger partial charge is 0.385 e. The van der Waals surface area contributed by atoms with Gasteiger partial charge in [0.2, 0.25) is 15.9 Å². The molecule has 0 spiro atoms. The van der Waals surface area contributed by atoms with Crippen LogP contribution in [0.2, 0.25) is 0 Å². The van der Waals surface area contributed by atoms with Crippen molar-refractivity contribution in [3.8, 4) is 0 Å². The van der Waals surface area contributed by atoms with Crippen molar-refractivity contribution in [2.24, 2.45) is 0 Å². The van der Waals surface area contributed by atoms with Gasteiger partial charge in [0, 0.05) is 20.3 Å². The van der Waals surface area contributed by atoms with E-state index >= 15 is 0 Å². The Kier molecular flexibility index (Phi) is 6.83. The normalized spacial score (nSPS) is 11.3. The number of anilines is 1. The molecule has 0 unspecified atom stereocenters. The quantitative estimate of drug-likeness (QED) is 0.728.